The first kappa shape index (κ1) is 13.1. The van der Waals surface area contributed by atoms with E-state index in [-0.39, 0.29) is 0 Å². The second-order valence-electron chi connectivity index (χ2n) is 6.30. The first-order valence-corrected chi connectivity index (χ1v) is 7.93. The molecule has 19 heavy (non-hydrogen) atoms. The highest BCUT2D eigenvalue weighted by Gasteiger charge is 2.25. The van der Waals surface area contributed by atoms with Gasteiger partial charge in [0.15, 0.2) is 0 Å². The highest BCUT2D eigenvalue weighted by molar-refractivity contribution is 5.04. The number of nitrogens with one attached hydrogen (secondary N) is 1. The summed E-state index contributed by atoms with van der Waals surface area (Å²) in [4.78, 5) is 0. The Bertz CT molecular complexity index is 420. The van der Waals surface area contributed by atoms with E-state index < -0.39 is 0 Å². The lowest BCUT2D eigenvalue weighted by atomic mass is 9.84. The van der Waals surface area contributed by atoms with Gasteiger partial charge in [0, 0.05) is 19.0 Å². The summed E-state index contributed by atoms with van der Waals surface area (Å²) in [5, 5.41) is 12.5. The molecular formula is C15H26N4. The molecule has 0 aromatic carbocycles. The summed E-state index contributed by atoms with van der Waals surface area (Å²) in [6.45, 7) is 5.67. The van der Waals surface area contributed by atoms with Crippen LogP contribution < -0.4 is 5.32 Å². The molecule has 3 rings (SSSR count). The molecule has 0 amide bonds. The fourth-order valence-corrected chi connectivity index (χ4v) is 3.73. The zero-order chi connectivity index (χ0) is 13.2. The molecule has 4 nitrogen and oxygen atoms in total. The van der Waals surface area contributed by atoms with Gasteiger partial charge >= 0.3 is 0 Å². The van der Waals surface area contributed by atoms with E-state index in [2.05, 4.69) is 33.9 Å². The number of rotatable bonds is 4. The molecule has 1 aliphatic carbocycles. The van der Waals surface area contributed by atoms with Gasteiger partial charge < -0.3 is 9.88 Å². The Hall–Kier alpha value is -0.900. The molecule has 1 aromatic rings. The summed E-state index contributed by atoms with van der Waals surface area (Å²) >= 11 is 0. The van der Waals surface area contributed by atoms with Crippen molar-refractivity contribution in [1.82, 2.24) is 20.1 Å². The molecule has 1 saturated carbocycles. The molecule has 1 N–H and O–H groups in total. The molecule has 0 bridgehead atoms. The molecule has 2 aliphatic rings. The molecule has 2 unspecified atom stereocenters. The third-order valence-electron chi connectivity index (χ3n) is 4.90. The van der Waals surface area contributed by atoms with Crippen LogP contribution in [-0.4, -0.2) is 20.8 Å². The van der Waals surface area contributed by atoms with Crippen molar-refractivity contribution in [2.24, 2.45) is 5.92 Å². The largest absolute Gasteiger partial charge is 0.314 e. The summed E-state index contributed by atoms with van der Waals surface area (Å²) in [6.07, 6.45) is 9.34. The van der Waals surface area contributed by atoms with Crippen LogP contribution in [-0.2, 0) is 13.0 Å². The second kappa shape index (κ2) is 5.61. The van der Waals surface area contributed by atoms with Crippen molar-refractivity contribution in [3.05, 3.63) is 11.6 Å². The average Bonchev–Trinajstić information content (AvgIpc) is 3.01. The Morgan fingerprint density at radius 2 is 1.89 bits per heavy atom. The topological polar surface area (TPSA) is 42.7 Å². The Morgan fingerprint density at radius 3 is 2.68 bits per heavy atom. The number of hydrogen-bond acceptors (Lipinski definition) is 3. The zero-order valence-corrected chi connectivity index (χ0v) is 12.2. The summed E-state index contributed by atoms with van der Waals surface area (Å²) in [5.41, 5.74) is 0. The maximum atomic E-state index is 4.39. The maximum absolute atomic E-state index is 4.39. The van der Waals surface area contributed by atoms with Crippen LogP contribution in [0.5, 0.6) is 0 Å². The van der Waals surface area contributed by atoms with E-state index in [1.165, 1.54) is 44.3 Å². The highest BCUT2D eigenvalue weighted by Crippen LogP contribution is 2.28. The summed E-state index contributed by atoms with van der Waals surface area (Å²) in [6, 6.07) is 0.904. The zero-order valence-electron chi connectivity index (χ0n) is 12.2. The smallest absolute Gasteiger partial charge is 0.149 e. The van der Waals surface area contributed by atoms with Gasteiger partial charge in [-0.25, -0.2) is 0 Å². The number of hydrogen-bond donors (Lipinski definition) is 1. The van der Waals surface area contributed by atoms with Gasteiger partial charge in [-0.3, -0.25) is 0 Å². The van der Waals surface area contributed by atoms with E-state index in [0.29, 0.717) is 12.1 Å². The lowest BCUT2D eigenvalue weighted by molar-refractivity contribution is 0.264. The predicted molar refractivity (Wildman–Crippen MR) is 75.9 cm³/mol. The van der Waals surface area contributed by atoms with E-state index in [1.807, 2.05) is 0 Å². The molecule has 0 spiro atoms. The van der Waals surface area contributed by atoms with Crippen LogP contribution in [0.1, 0.15) is 70.1 Å². The van der Waals surface area contributed by atoms with Crippen LogP contribution in [0.4, 0.5) is 0 Å². The molecule has 2 heterocycles. The number of nitrogens with zero attached hydrogens (tertiary/aromatic N) is 3. The molecule has 1 fully saturated rings. The van der Waals surface area contributed by atoms with E-state index in [4.69, 9.17) is 0 Å². The molecule has 1 aliphatic heterocycles. The molecule has 1 aromatic heterocycles. The molecule has 0 saturated heterocycles. The standard InChI is InChI=1S/C15H26N4/c1-11(13-7-4-3-5-8-13)16-12(2)15-18-17-14-9-6-10-19(14)15/h11-13,16H,3-10H2,1-2H3. The number of aryl methyl sites for hydroxylation is 1. The Balaban J connectivity index is 1.62. The molecule has 0 radical (unpaired) electrons. The van der Waals surface area contributed by atoms with Gasteiger partial charge in [-0.2, -0.15) is 0 Å². The quantitative estimate of drug-likeness (QED) is 0.907. The highest BCUT2D eigenvalue weighted by atomic mass is 15.3. The van der Waals surface area contributed by atoms with Crippen molar-refractivity contribution >= 4 is 0 Å². The minimum absolute atomic E-state index is 0.316. The fraction of sp³-hybridized carbons (Fsp3) is 0.867. The maximum Gasteiger partial charge on any atom is 0.149 e. The van der Waals surface area contributed by atoms with Gasteiger partial charge in [0.05, 0.1) is 6.04 Å². The van der Waals surface area contributed by atoms with Crippen LogP contribution >= 0.6 is 0 Å². The predicted octanol–water partition coefficient (Wildman–Crippen LogP) is 2.84. The summed E-state index contributed by atoms with van der Waals surface area (Å²) in [7, 11) is 0. The van der Waals surface area contributed by atoms with E-state index in [0.717, 1.165) is 24.7 Å². The van der Waals surface area contributed by atoms with E-state index >= 15 is 0 Å². The van der Waals surface area contributed by atoms with Crippen molar-refractivity contribution in [2.75, 3.05) is 0 Å². The number of fused-ring (bicyclic) bond motifs is 1. The molecule has 106 valence electrons. The van der Waals surface area contributed by atoms with Gasteiger partial charge in [0.25, 0.3) is 0 Å². The van der Waals surface area contributed by atoms with Crippen LogP contribution in [0.2, 0.25) is 0 Å². The van der Waals surface area contributed by atoms with Crippen molar-refractivity contribution < 1.29 is 0 Å². The lowest BCUT2D eigenvalue weighted by Crippen LogP contribution is -2.37. The average molecular weight is 262 g/mol. The van der Waals surface area contributed by atoms with Gasteiger partial charge in [0.2, 0.25) is 0 Å². The van der Waals surface area contributed by atoms with Gasteiger partial charge in [0.1, 0.15) is 11.6 Å². The van der Waals surface area contributed by atoms with Gasteiger partial charge in [-0.1, -0.05) is 19.3 Å². The second-order valence-corrected chi connectivity index (χ2v) is 6.30. The Morgan fingerprint density at radius 1 is 1.11 bits per heavy atom. The van der Waals surface area contributed by atoms with Crippen molar-refractivity contribution in [3.8, 4) is 0 Å². The van der Waals surface area contributed by atoms with Crippen molar-refractivity contribution in [2.45, 2.75) is 77.4 Å². The molecule has 2 atom stereocenters. The third-order valence-corrected chi connectivity index (χ3v) is 4.90. The summed E-state index contributed by atoms with van der Waals surface area (Å²) < 4.78 is 2.31. The van der Waals surface area contributed by atoms with E-state index in [9.17, 15) is 0 Å². The Kier molecular flexibility index (Phi) is 3.87. The first-order chi connectivity index (χ1) is 9.25. The minimum Gasteiger partial charge on any atom is -0.314 e. The molecule has 4 heteroatoms. The summed E-state index contributed by atoms with van der Waals surface area (Å²) in [5.74, 6) is 3.15. The van der Waals surface area contributed by atoms with Crippen LogP contribution in [0.15, 0.2) is 0 Å². The van der Waals surface area contributed by atoms with Crippen LogP contribution in [0.25, 0.3) is 0 Å². The van der Waals surface area contributed by atoms with E-state index in [1.54, 1.807) is 0 Å². The minimum atomic E-state index is 0.316. The van der Waals surface area contributed by atoms with Crippen molar-refractivity contribution in [1.29, 1.82) is 0 Å². The van der Waals surface area contributed by atoms with Crippen LogP contribution in [0.3, 0.4) is 0 Å². The van der Waals surface area contributed by atoms with Crippen molar-refractivity contribution in [3.63, 3.8) is 0 Å². The lowest BCUT2D eigenvalue weighted by Gasteiger charge is -2.30. The SMILES string of the molecule is CC(NC(C)C1CCCCC1)c1nnc2n1CCC2. The van der Waals surface area contributed by atoms with Gasteiger partial charge in [-0.15, -0.1) is 10.2 Å². The first-order valence-electron chi connectivity index (χ1n) is 7.93. The van der Waals surface area contributed by atoms with Gasteiger partial charge in [-0.05, 0) is 39.0 Å². The normalized spacial score (nSPS) is 23.3. The fourth-order valence-electron chi connectivity index (χ4n) is 3.73. The monoisotopic (exact) mass is 262 g/mol. The van der Waals surface area contributed by atoms with Crippen LogP contribution in [0, 0.1) is 5.92 Å². The Labute approximate surface area is 116 Å². The molecular weight excluding hydrogens is 236 g/mol. The third kappa shape index (κ3) is 2.69. The number of aromatic nitrogens is 3.